The van der Waals surface area contributed by atoms with Gasteiger partial charge < -0.3 is 4.90 Å². The van der Waals surface area contributed by atoms with Crippen molar-refractivity contribution in [1.29, 1.82) is 0 Å². The average molecular weight is 702 g/mol. The van der Waals surface area contributed by atoms with Crippen molar-refractivity contribution in [2.75, 3.05) is 4.90 Å². The number of fused-ring (bicyclic) bond motifs is 5. The Morgan fingerprint density at radius 1 is 0.309 bits per heavy atom. The zero-order chi connectivity index (χ0) is 36.6. The molecule has 0 bridgehead atoms. The Balaban J connectivity index is 1.15. The van der Waals surface area contributed by atoms with Crippen LogP contribution < -0.4 is 4.90 Å². The summed E-state index contributed by atoms with van der Waals surface area (Å²) in [6.45, 7) is 0. The van der Waals surface area contributed by atoms with Crippen LogP contribution in [0.1, 0.15) is 0 Å². The minimum absolute atomic E-state index is 0.945. The molecule has 0 aliphatic carbocycles. The summed E-state index contributed by atoms with van der Waals surface area (Å²) in [5.41, 5.74) is 12.7. The number of nitrogens with zero attached hydrogens (tertiary/aromatic N) is 3. The number of hydrogen-bond acceptors (Lipinski definition) is 3. The Morgan fingerprint density at radius 2 is 0.855 bits per heavy atom. The van der Waals surface area contributed by atoms with Gasteiger partial charge in [0.15, 0.2) is 0 Å². The highest BCUT2D eigenvalue weighted by atomic mass is 15.1. The van der Waals surface area contributed by atoms with E-state index in [1.54, 1.807) is 0 Å². The Kier molecular flexibility index (Phi) is 8.16. The maximum Gasteiger partial charge on any atom is 0.0788 e. The van der Waals surface area contributed by atoms with Gasteiger partial charge in [0, 0.05) is 49.9 Å². The van der Waals surface area contributed by atoms with Crippen LogP contribution in [0, 0.1) is 0 Å². The lowest BCUT2D eigenvalue weighted by molar-refractivity contribution is 1.28. The number of benzene rings is 8. The van der Waals surface area contributed by atoms with Gasteiger partial charge in [-0.25, -0.2) is 9.97 Å². The van der Waals surface area contributed by atoms with Gasteiger partial charge in [-0.1, -0.05) is 158 Å². The largest absolute Gasteiger partial charge is 0.311 e. The van der Waals surface area contributed by atoms with Gasteiger partial charge in [-0.15, -0.1) is 0 Å². The molecule has 0 atom stereocenters. The molecule has 10 aromatic rings. The summed E-state index contributed by atoms with van der Waals surface area (Å²) < 4.78 is 0. The second kappa shape index (κ2) is 13.9. The minimum atomic E-state index is 0.945. The van der Waals surface area contributed by atoms with Gasteiger partial charge in [-0.3, -0.25) is 0 Å². The van der Waals surface area contributed by atoms with Crippen LogP contribution in [0.15, 0.2) is 212 Å². The van der Waals surface area contributed by atoms with Gasteiger partial charge in [-0.05, 0) is 76.5 Å². The first-order valence-electron chi connectivity index (χ1n) is 18.7. The summed E-state index contributed by atoms with van der Waals surface area (Å²) >= 11 is 0. The molecule has 0 aliphatic rings. The number of para-hydroxylation sites is 3. The van der Waals surface area contributed by atoms with E-state index >= 15 is 0 Å². The summed E-state index contributed by atoms with van der Waals surface area (Å²) in [6, 6.07) is 74.9. The second-order valence-corrected chi connectivity index (χ2v) is 13.8. The van der Waals surface area contributed by atoms with Gasteiger partial charge in [0.1, 0.15) is 0 Å². The molecule has 258 valence electrons. The monoisotopic (exact) mass is 701 g/mol. The molecule has 0 saturated heterocycles. The molecule has 0 fully saturated rings. The lowest BCUT2D eigenvalue weighted by Crippen LogP contribution is -2.09. The molecule has 8 aromatic carbocycles. The van der Waals surface area contributed by atoms with E-state index in [2.05, 4.69) is 211 Å². The zero-order valence-electron chi connectivity index (χ0n) is 30.0. The fourth-order valence-corrected chi connectivity index (χ4v) is 7.84. The van der Waals surface area contributed by atoms with Crippen LogP contribution in [0.5, 0.6) is 0 Å². The quantitative estimate of drug-likeness (QED) is 0.155. The molecular weight excluding hydrogens is 667 g/mol. The maximum atomic E-state index is 5.32. The van der Waals surface area contributed by atoms with Crippen molar-refractivity contribution in [3.8, 4) is 44.9 Å². The molecule has 0 amide bonds. The summed E-state index contributed by atoms with van der Waals surface area (Å²) in [6.07, 6.45) is 0. The molecule has 2 aromatic heterocycles. The van der Waals surface area contributed by atoms with Crippen LogP contribution in [-0.2, 0) is 0 Å². The molecule has 3 heteroatoms. The smallest absolute Gasteiger partial charge is 0.0788 e. The van der Waals surface area contributed by atoms with E-state index in [4.69, 9.17) is 9.97 Å². The number of anilines is 3. The Hall–Kier alpha value is -7.36. The van der Waals surface area contributed by atoms with E-state index in [0.29, 0.717) is 0 Å². The highest BCUT2D eigenvalue weighted by Gasteiger charge is 2.18. The average Bonchev–Trinajstić information content (AvgIpc) is 3.27. The van der Waals surface area contributed by atoms with E-state index < -0.39 is 0 Å². The normalized spacial score (nSPS) is 11.3. The van der Waals surface area contributed by atoms with E-state index in [0.717, 1.165) is 83.6 Å². The van der Waals surface area contributed by atoms with Crippen molar-refractivity contribution >= 4 is 49.5 Å². The summed E-state index contributed by atoms with van der Waals surface area (Å²) in [7, 11) is 0. The van der Waals surface area contributed by atoms with Crippen molar-refractivity contribution in [3.05, 3.63) is 212 Å². The van der Waals surface area contributed by atoms with Crippen LogP contribution in [0.3, 0.4) is 0 Å². The van der Waals surface area contributed by atoms with Crippen LogP contribution >= 0.6 is 0 Å². The van der Waals surface area contributed by atoms with Crippen molar-refractivity contribution in [3.63, 3.8) is 0 Å². The molecule has 3 nitrogen and oxygen atoms in total. The number of aromatic nitrogens is 2. The number of pyridine rings is 2. The highest BCUT2D eigenvalue weighted by molar-refractivity contribution is 6.24. The van der Waals surface area contributed by atoms with Crippen LogP contribution in [0.2, 0.25) is 0 Å². The number of rotatable bonds is 7. The molecule has 2 heterocycles. The maximum absolute atomic E-state index is 5.32. The van der Waals surface area contributed by atoms with Crippen molar-refractivity contribution in [1.82, 2.24) is 9.97 Å². The fourth-order valence-electron chi connectivity index (χ4n) is 7.84. The third kappa shape index (κ3) is 5.98. The van der Waals surface area contributed by atoms with E-state index in [-0.39, 0.29) is 0 Å². The fraction of sp³-hybridized carbons (Fsp3) is 0. The third-order valence-corrected chi connectivity index (χ3v) is 10.4. The Bertz CT molecular complexity index is 2850. The van der Waals surface area contributed by atoms with E-state index in [9.17, 15) is 0 Å². The van der Waals surface area contributed by atoms with Gasteiger partial charge in [0.2, 0.25) is 0 Å². The molecular formula is C52H35N3. The van der Waals surface area contributed by atoms with Gasteiger partial charge >= 0.3 is 0 Å². The highest BCUT2D eigenvalue weighted by Crippen LogP contribution is 2.42. The molecule has 0 N–H and O–H groups in total. The molecule has 0 radical (unpaired) electrons. The summed E-state index contributed by atoms with van der Waals surface area (Å²) in [5.74, 6) is 0. The van der Waals surface area contributed by atoms with E-state index in [1.807, 2.05) is 6.07 Å². The third-order valence-electron chi connectivity index (χ3n) is 10.4. The zero-order valence-corrected chi connectivity index (χ0v) is 30.0. The Labute approximate surface area is 320 Å². The van der Waals surface area contributed by atoms with Crippen molar-refractivity contribution < 1.29 is 0 Å². The summed E-state index contributed by atoms with van der Waals surface area (Å²) in [5, 5.41) is 5.79. The van der Waals surface area contributed by atoms with Crippen molar-refractivity contribution in [2.24, 2.45) is 0 Å². The first kappa shape index (κ1) is 32.3. The summed E-state index contributed by atoms with van der Waals surface area (Å²) in [4.78, 5) is 12.9. The van der Waals surface area contributed by atoms with Gasteiger partial charge in [0.05, 0.1) is 22.6 Å². The Morgan fingerprint density at radius 3 is 1.55 bits per heavy atom. The topological polar surface area (TPSA) is 29.0 Å². The lowest BCUT2D eigenvalue weighted by Gasteiger charge is -2.25. The minimum Gasteiger partial charge on any atom is -0.311 e. The first-order chi connectivity index (χ1) is 27.3. The van der Waals surface area contributed by atoms with E-state index in [1.165, 1.54) is 10.8 Å². The molecule has 0 aliphatic heterocycles. The van der Waals surface area contributed by atoms with Crippen LogP contribution in [0.25, 0.3) is 77.3 Å². The van der Waals surface area contributed by atoms with Gasteiger partial charge in [-0.2, -0.15) is 0 Å². The molecule has 0 saturated carbocycles. The SMILES string of the molecule is c1ccc(-c2cc(-c3ccccc3)nc(-c3cccc4c3ccc3c(-c5ccc(N(c6ccccc6)c6ccccc6)cc5)nc5ccccc5c34)c2)cc1. The molecule has 10 rings (SSSR count). The molecule has 55 heavy (non-hydrogen) atoms. The predicted octanol–water partition coefficient (Wildman–Crippen LogP) is 14.1. The molecule has 0 unspecified atom stereocenters. The molecule has 0 spiro atoms. The second-order valence-electron chi connectivity index (χ2n) is 13.8. The lowest BCUT2D eigenvalue weighted by atomic mass is 9.92. The standard InChI is InChI=1S/C52H35N3/c1-5-16-36(17-6-1)39-34-49(37-18-7-2-8-19-37)53-50(35-39)44-25-15-26-45-43(44)32-33-47-51(45)46-24-13-14-27-48(46)54-52(47)38-28-30-42(31-29-38)55(40-20-9-3-10-21-40)41-22-11-4-12-23-41/h1-35H. The van der Waals surface area contributed by atoms with Crippen LogP contribution in [0.4, 0.5) is 17.1 Å². The van der Waals surface area contributed by atoms with Gasteiger partial charge in [0.25, 0.3) is 0 Å². The van der Waals surface area contributed by atoms with Crippen LogP contribution in [-0.4, -0.2) is 9.97 Å². The van der Waals surface area contributed by atoms with Crippen molar-refractivity contribution in [2.45, 2.75) is 0 Å². The number of hydrogen-bond donors (Lipinski definition) is 0. The predicted molar refractivity (Wildman–Crippen MR) is 231 cm³/mol. The first-order valence-corrected chi connectivity index (χ1v) is 18.7.